The number of hydrogen-bond donors (Lipinski definition) is 2. The van der Waals surface area contributed by atoms with Gasteiger partial charge in [-0.15, -0.1) is 0 Å². The van der Waals surface area contributed by atoms with Crippen molar-refractivity contribution < 1.29 is 19.2 Å². The average Bonchev–Trinajstić information content (AvgIpc) is 3.10. The van der Waals surface area contributed by atoms with Gasteiger partial charge in [0.15, 0.2) is 0 Å². The molecule has 0 radical (unpaired) electrons. The summed E-state index contributed by atoms with van der Waals surface area (Å²) in [6, 6.07) is 5.72. The maximum absolute atomic E-state index is 12.8. The minimum atomic E-state index is -0.628. The van der Waals surface area contributed by atoms with Gasteiger partial charge in [0.2, 0.25) is 11.8 Å². The summed E-state index contributed by atoms with van der Waals surface area (Å²) in [4.78, 5) is 50.5. The molecule has 4 N–H and O–H groups in total. The molecule has 0 saturated heterocycles. The number of nitrogens with zero attached hydrogens (tertiary/aromatic N) is 2. The minimum Gasteiger partial charge on any atom is -0.273 e. The van der Waals surface area contributed by atoms with Crippen molar-refractivity contribution in [3.05, 3.63) is 35.4 Å². The summed E-state index contributed by atoms with van der Waals surface area (Å²) in [7, 11) is 0. The van der Waals surface area contributed by atoms with Crippen LogP contribution in [-0.2, 0) is 9.59 Å². The Kier molecular flexibility index (Phi) is 26.6. The Morgan fingerprint density at radius 2 is 0.604 bits per heavy atom. The van der Waals surface area contributed by atoms with Crippen LogP contribution in [0.25, 0.3) is 0 Å². The summed E-state index contributed by atoms with van der Waals surface area (Å²) in [5.41, 5.74) is 0.379. The molecular weight excluding hydrogens is 600 g/mol. The molecule has 8 heteroatoms. The highest BCUT2D eigenvalue weighted by Crippen LogP contribution is 2.16. The summed E-state index contributed by atoms with van der Waals surface area (Å²) < 4.78 is 0. The van der Waals surface area contributed by atoms with Crippen LogP contribution in [0.5, 0.6) is 0 Å². The molecule has 0 bridgehead atoms. The lowest BCUT2D eigenvalue weighted by Gasteiger charge is -2.16. The molecular formula is C40H70N4O4. The van der Waals surface area contributed by atoms with Gasteiger partial charge in [-0.2, -0.15) is 0 Å². The second-order valence-corrected chi connectivity index (χ2v) is 13.7. The smallest absolute Gasteiger partial charge is 0.273 e. The van der Waals surface area contributed by atoms with Crippen molar-refractivity contribution >= 4 is 23.6 Å². The standard InChI is InChI=1S/C40H70N4O4/c1-3-5-7-9-11-13-15-17-19-21-23-25-27-29-37(45)43(41)39(47)35-31-33-36(34-32-35)40(48)44(42)38(46)30-28-26-24-22-20-18-16-14-12-10-8-6-4-2/h31-34H,3-30,41-42H2,1-2H3. The third kappa shape index (κ3) is 20.7. The van der Waals surface area contributed by atoms with Crippen LogP contribution in [0, 0.1) is 0 Å². The molecule has 0 heterocycles. The number of carbonyl (C=O) groups excluding carboxylic acids is 4. The normalized spacial score (nSPS) is 11.1. The lowest BCUT2D eigenvalue weighted by Crippen LogP contribution is -2.43. The number of nitrogens with two attached hydrogens (primary N) is 2. The maximum atomic E-state index is 12.8. The third-order valence-electron chi connectivity index (χ3n) is 9.34. The highest BCUT2D eigenvalue weighted by Gasteiger charge is 2.22. The Bertz CT molecular complexity index is 918. The minimum absolute atomic E-state index is 0.189. The molecule has 4 amide bonds. The largest absolute Gasteiger partial charge is 0.274 e. The van der Waals surface area contributed by atoms with Crippen molar-refractivity contribution in [1.82, 2.24) is 10.0 Å². The van der Waals surface area contributed by atoms with Crippen LogP contribution in [0.2, 0.25) is 0 Å². The summed E-state index contributed by atoms with van der Waals surface area (Å²) in [5.74, 6) is 9.59. The number of unbranched alkanes of at least 4 members (excludes halogenated alkanes) is 24. The number of hydrogen-bond acceptors (Lipinski definition) is 6. The van der Waals surface area contributed by atoms with Crippen LogP contribution >= 0.6 is 0 Å². The Labute approximate surface area is 293 Å². The van der Waals surface area contributed by atoms with Crippen LogP contribution < -0.4 is 11.7 Å². The van der Waals surface area contributed by atoms with Gasteiger partial charge in [0.1, 0.15) is 0 Å². The van der Waals surface area contributed by atoms with E-state index in [1.54, 1.807) is 0 Å². The monoisotopic (exact) mass is 671 g/mol. The fourth-order valence-electron chi connectivity index (χ4n) is 6.09. The van der Waals surface area contributed by atoms with Crippen molar-refractivity contribution in [3.8, 4) is 0 Å². The van der Waals surface area contributed by atoms with Gasteiger partial charge in [-0.25, -0.2) is 21.7 Å². The van der Waals surface area contributed by atoms with E-state index >= 15 is 0 Å². The molecule has 48 heavy (non-hydrogen) atoms. The number of carbonyl (C=O) groups is 4. The zero-order valence-electron chi connectivity index (χ0n) is 30.8. The Balaban J connectivity index is 2.21. The molecule has 0 fully saturated rings. The van der Waals surface area contributed by atoms with Crippen molar-refractivity contribution in [3.63, 3.8) is 0 Å². The van der Waals surface area contributed by atoms with Crippen LogP contribution in [0.15, 0.2) is 24.3 Å². The van der Waals surface area contributed by atoms with Gasteiger partial charge in [0, 0.05) is 24.0 Å². The summed E-state index contributed by atoms with van der Waals surface area (Å²) >= 11 is 0. The van der Waals surface area contributed by atoms with E-state index in [4.69, 9.17) is 11.7 Å². The van der Waals surface area contributed by atoms with Gasteiger partial charge in [0.05, 0.1) is 0 Å². The lowest BCUT2D eigenvalue weighted by molar-refractivity contribution is -0.129. The first kappa shape index (κ1) is 43.4. The van der Waals surface area contributed by atoms with Crippen molar-refractivity contribution in [2.75, 3.05) is 0 Å². The first-order valence-corrected chi connectivity index (χ1v) is 19.7. The number of hydrazine groups is 2. The van der Waals surface area contributed by atoms with Gasteiger partial charge >= 0.3 is 0 Å². The predicted molar refractivity (Wildman–Crippen MR) is 198 cm³/mol. The van der Waals surface area contributed by atoms with Crippen LogP contribution in [-0.4, -0.2) is 33.6 Å². The van der Waals surface area contributed by atoms with Gasteiger partial charge in [-0.1, -0.05) is 168 Å². The van der Waals surface area contributed by atoms with Crippen LogP contribution in [0.4, 0.5) is 0 Å². The number of imide groups is 2. The van der Waals surface area contributed by atoms with E-state index in [2.05, 4.69) is 13.8 Å². The molecule has 1 rings (SSSR count). The summed E-state index contributed by atoms with van der Waals surface area (Å²) in [6.45, 7) is 4.49. The molecule has 0 aliphatic heterocycles. The number of rotatable bonds is 30. The molecule has 0 atom stereocenters. The highest BCUT2D eigenvalue weighted by atomic mass is 16.2. The Morgan fingerprint density at radius 3 is 0.833 bits per heavy atom. The Hall–Kier alpha value is -2.58. The van der Waals surface area contributed by atoms with E-state index in [0.717, 1.165) is 25.7 Å². The predicted octanol–water partition coefficient (Wildman–Crippen LogP) is 10.3. The van der Waals surface area contributed by atoms with Crippen molar-refractivity contribution in [2.24, 2.45) is 11.7 Å². The van der Waals surface area contributed by atoms with Crippen molar-refractivity contribution in [2.45, 2.75) is 194 Å². The van der Waals surface area contributed by atoms with Gasteiger partial charge in [-0.3, -0.25) is 19.2 Å². The first-order chi connectivity index (χ1) is 23.3. The second kappa shape index (κ2) is 29.3. The van der Waals surface area contributed by atoms with Gasteiger partial charge in [0.25, 0.3) is 11.8 Å². The summed E-state index contributed by atoms with van der Waals surface area (Å²) in [6.07, 6.45) is 32.0. The van der Waals surface area contributed by atoms with Crippen molar-refractivity contribution in [1.29, 1.82) is 0 Å². The van der Waals surface area contributed by atoms with Crippen LogP contribution in [0.1, 0.15) is 214 Å². The molecule has 1 aromatic carbocycles. The van der Waals surface area contributed by atoms with Gasteiger partial charge in [-0.05, 0) is 37.1 Å². The van der Waals surface area contributed by atoms with E-state index < -0.39 is 23.6 Å². The molecule has 1 aromatic rings. The summed E-state index contributed by atoms with van der Waals surface area (Å²) in [5, 5.41) is 1.32. The van der Waals surface area contributed by atoms with E-state index in [0.29, 0.717) is 22.9 Å². The number of benzene rings is 1. The fraction of sp³-hybridized carbons (Fsp3) is 0.750. The zero-order valence-corrected chi connectivity index (χ0v) is 30.8. The van der Waals surface area contributed by atoms with E-state index in [1.807, 2.05) is 0 Å². The molecule has 0 aromatic heterocycles. The van der Waals surface area contributed by atoms with Gasteiger partial charge < -0.3 is 0 Å². The van der Waals surface area contributed by atoms with E-state index in [1.165, 1.54) is 153 Å². The topological polar surface area (TPSA) is 127 Å². The van der Waals surface area contributed by atoms with E-state index in [-0.39, 0.29) is 24.0 Å². The number of amides is 4. The molecule has 274 valence electrons. The molecule has 0 saturated carbocycles. The average molecular weight is 671 g/mol. The quantitative estimate of drug-likeness (QED) is 0.0363. The molecule has 8 nitrogen and oxygen atoms in total. The maximum Gasteiger partial charge on any atom is 0.274 e. The first-order valence-electron chi connectivity index (χ1n) is 19.7. The van der Waals surface area contributed by atoms with Crippen LogP contribution in [0.3, 0.4) is 0 Å². The third-order valence-corrected chi connectivity index (χ3v) is 9.34. The molecule has 0 spiro atoms. The fourth-order valence-corrected chi connectivity index (χ4v) is 6.09. The Morgan fingerprint density at radius 1 is 0.396 bits per heavy atom. The lowest BCUT2D eigenvalue weighted by atomic mass is 10.0. The molecule has 0 aliphatic carbocycles. The SMILES string of the molecule is CCCCCCCCCCCCCCCC(=O)N(N)C(=O)c1ccc(C(=O)N(N)C(=O)CCCCCCCCCCCCCCC)cc1. The highest BCUT2D eigenvalue weighted by molar-refractivity contribution is 6.06. The molecule has 0 unspecified atom stereocenters. The second-order valence-electron chi connectivity index (χ2n) is 13.7. The van der Waals surface area contributed by atoms with E-state index in [9.17, 15) is 19.2 Å². The molecule has 0 aliphatic rings. The zero-order chi connectivity index (χ0) is 35.2.